The topological polar surface area (TPSA) is 57.8 Å². The Balaban J connectivity index is 1.94. The van der Waals surface area contributed by atoms with Gasteiger partial charge in [-0.15, -0.1) is 0 Å². The van der Waals surface area contributed by atoms with Gasteiger partial charge in [-0.25, -0.2) is 4.98 Å². The predicted molar refractivity (Wildman–Crippen MR) is 82.6 cm³/mol. The van der Waals surface area contributed by atoms with Gasteiger partial charge in [0.2, 0.25) is 11.9 Å². The summed E-state index contributed by atoms with van der Waals surface area (Å²) in [4.78, 5) is 19.5. The summed E-state index contributed by atoms with van der Waals surface area (Å²) < 4.78 is 0. The highest BCUT2D eigenvalue weighted by Crippen LogP contribution is 2.26. The van der Waals surface area contributed by atoms with E-state index in [0.29, 0.717) is 18.3 Å². The molecule has 1 atom stereocenters. The van der Waals surface area contributed by atoms with Crippen LogP contribution in [0.1, 0.15) is 40.5 Å². The average Bonchev–Trinajstić information content (AvgIpc) is 2.67. The summed E-state index contributed by atoms with van der Waals surface area (Å²) in [6.45, 7) is 8.70. The summed E-state index contributed by atoms with van der Waals surface area (Å²) >= 11 is 0. The van der Waals surface area contributed by atoms with Crippen molar-refractivity contribution in [3.63, 3.8) is 0 Å². The third-order valence-electron chi connectivity index (χ3n) is 3.14. The Morgan fingerprint density at radius 3 is 2.70 bits per heavy atom. The molecule has 0 fully saturated rings. The zero-order chi connectivity index (χ0) is 14.8. The lowest BCUT2D eigenvalue weighted by atomic mass is 9.84. The van der Waals surface area contributed by atoms with Crippen molar-refractivity contribution in [1.82, 2.24) is 9.97 Å². The van der Waals surface area contributed by atoms with Crippen LogP contribution in [0.2, 0.25) is 0 Å². The number of carbonyl (C=O) groups is 1. The number of fused-ring (bicyclic) bond motifs is 1. The van der Waals surface area contributed by atoms with E-state index >= 15 is 0 Å². The Hall–Kier alpha value is -1.84. The van der Waals surface area contributed by atoms with Crippen molar-refractivity contribution < 1.29 is 4.79 Å². The standard InChI is InChI=1S/C16H23N3O/c1-11(10-16(2,3)4)9-14(20)19-15-17-12-7-5-6-8-13(12)18-15/h5-8,11H,9-10H2,1-4H3,(H2,17,18,19,20). The maximum Gasteiger partial charge on any atom is 0.226 e. The maximum absolute atomic E-state index is 12.0. The number of H-pyrrole nitrogens is 1. The van der Waals surface area contributed by atoms with E-state index in [1.807, 2.05) is 24.3 Å². The normalized spacial score (nSPS) is 13.4. The van der Waals surface area contributed by atoms with Crippen LogP contribution in [0.25, 0.3) is 11.0 Å². The molecule has 108 valence electrons. The molecule has 2 aromatic rings. The van der Waals surface area contributed by atoms with E-state index in [1.165, 1.54) is 0 Å². The molecule has 4 nitrogen and oxygen atoms in total. The summed E-state index contributed by atoms with van der Waals surface area (Å²) in [7, 11) is 0. The summed E-state index contributed by atoms with van der Waals surface area (Å²) in [5.74, 6) is 0.902. The van der Waals surface area contributed by atoms with Gasteiger partial charge in [0.25, 0.3) is 0 Å². The molecule has 1 amide bonds. The summed E-state index contributed by atoms with van der Waals surface area (Å²) in [5.41, 5.74) is 2.05. The fourth-order valence-electron chi connectivity index (χ4n) is 2.63. The van der Waals surface area contributed by atoms with Gasteiger partial charge in [0, 0.05) is 6.42 Å². The molecule has 0 saturated carbocycles. The minimum absolute atomic E-state index is 0.0146. The number of aromatic nitrogens is 2. The van der Waals surface area contributed by atoms with Gasteiger partial charge in [0.1, 0.15) is 0 Å². The van der Waals surface area contributed by atoms with Crippen LogP contribution in [0.15, 0.2) is 24.3 Å². The van der Waals surface area contributed by atoms with Gasteiger partial charge < -0.3 is 4.98 Å². The molecule has 0 aliphatic carbocycles. The Labute approximate surface area is 120 Å². The quantitative estimate of drug-likeness (QED) is 0.885. The molecule has 0 saturated heterocycles. The minimum Gasteiger partial charge on any atom is -0.324 e. The molecule has 1 unspecified atom stereocenters. The highest BCUT2D eigenvalue weighted by atomic mass is 16.1. The zero-order valence-electron chi connectivity index (χ0n) is 12.7. The van der Waals surface area contributed by atoms with Crippen molar-refractivity contribution in [2.45, 2.75) is 40.5 Å². The number of rotatable bonds is 4. The van der Waals surface area contributed by atoms with E-state index in [-0.39, 0.29) is 11.3 Å². The van der Waals surface area contributed by atoms with Crippen LogP contribution in [0.5, 0.6) is 0 Å². The van der Waals surface area contributed by atoms with E-state index in [4.69, 9.17) is 0 Å². The maximum atomic E-state index is 12.0. The molecule has 1 aromatic carbocycles. The highest BCUT2D eigenvalue weighted by Gasteiger charge is 2.18. The van der Waals surface area contributed by atoms with Crippen molar-refractivity contribution in [3.8, 4) is 0 Å². The molecule has 0 aliphatic rings. The number of amides is 1. The summed E-state index contributed by atoms with van der Waals surface area (Å²) in [5, 5.41) is 2.84. The van der Waals surface area contributed by atoms with Crippen molar-refractivity contribution in [1.29, 1.82) is 0 Å². The number of nitrogens with one attached hydrogen (secondary N) is 2. The number of hydrogen-bond acceptors (Lipinski definition) is 2. The first-order valence-electron chi connectivity index (χ1n) is 7.08. The second-order valence-electron chi connectivity index (χ2n) is 6.72. The van der Waals surface area contributed by atoms with Crippen molar-refractivity contribution in [3.05, 3.63) is 24.3 Å². The Morgan fingerprint density at radius 1 is 1.35 bits per heavy atom. The lowest BCUT2D eigenvalue weighted by Gasteiger charge is -2.22. The number of aromatic amines is 1. The lowest BCUT2D eigenvalue weighted by Crippen LogP contribution is -2.19. The number of imidazole rings is 1. The van der Waals surface area contributed by atoms with E-state index in [2.05, 4.69) is 43.0 Å². The molecule has 0 spiro atoms. The molecular weight excluding hydrogens is 250 g/mol. The number of benzene rings is 1. The Morgan fingerprint density at radius 2 is 2.05 bits per heavy atom. The Bertz CT molecular complexity index is 562. The fraction of sp³-hybridized carbons (Fsp3) is 0.500. The number of para-hydroxylation sites is 2. The van der Waals surface area contributed by atoms with E-state index < -0.39 is 0 Å². The minimum atomic E-state index is 0.0146. The van der Waals surface area contributed by atoms with Crippen LogP contribution in [0.4, 0.5) is 5.95 Å². The molecule has 20 heavy (non-hydrogen) atoms. The largest absolute Gasteiger partial charge is 0.324 e. The SMILES string of the molecule is CC(CC(=O)Nc1nc2ccccc2[nH]1)CC(C)(C)C. The molecule has 1 heterocycles. The molecule has 0 aliphatic heterocycles. The number of carbonyl (C=O) groups excluding carboxylic acids is 1. The fourth-order valence-corrected chi connectivity index (χ4v) is 2.63. The third kappa shape index (κ3) is 4.08. The van der Waals surface area contributed by atoms with Gasteiger partial charge in [-0.2, -0.15) is 0 Å². The second kappa shape index (κ2) is 5.65. The van der Waals surface area contributed by atoms with E-state index in [0.717, 1.165) is 17.5 Å². The Kier molecular flexibility index (Phi) is 4.12. The summed E-state index contributed by atoms with van der Waals surface area (Å²) in [6.07, 6.45) is 1.55. The van der Waals surface area contributed by atoms with Crippen LogP contribution < -0.4 is 5.32 Å². The first kappa shape index (κ1) is 14.6. The molecule has 0 radical (unpaired) electrons. The van der Waals surface area contributed by atoms with Gasteiger partial charge in [-0.1, -0.05) is 39.8 Å². The van der Waals surface area contributed by atoms with Crippen LogP contribution in [-0.4, -0.2) is 15.9 Å². The van der Waals surface area contributed by atoms with Crippen LogP contribution in [0, 0.1) is 11.3 Å². The van der Waals surface area contributed by atoms with Crippen LogP contribution >= 0.6 is 0 Å². The first-order valence-corrected chi connectivity index (χ1v) is 7.08. The molecule has 0 bridgehead atoms. The van der Waals surface area contributed by atoms with Crippen molar-refractivity contribution in [2.75, 3.05) is 5.32 Å². The zero-order valence-corrected chi connectivity index (χ0v) is 12.7. The third-order valence-corrected chi connectivity index (χ3v) is 3.14. The second-order valence-corrected chi connectivity index (χ2v) is 6.72. The molecule has 2 N–H and O–H groups in total. The van der Waals surface area contributed by atoms with Gasteiger partial charge in [0.15, 0.2) is 0 Å². The molecule has 1 aromatic heterocycles. The van der Waals surface area contributed by atoms with Crippen LogP contribution in [0.3, 0.4) is 0 Å². The smallest absolute Gasteiger partial charge is 0.226 e. The van der Waals surface area contributed by atoms with Gasteiger partial charge in [-0.05, 0) is 29.9 Å². The number of hydrogen-bond donors (Lipinski definition) is 2. The summed E-state index contributed by atoms with van der Waals surface area (Å²) in [6, 6.07) is 7.74. The highest BCUT2D eigenvalue weighted by molar-refractivity contribution is 5.91. The van der Waals surface area contributed by atoms with E-state index in [9.17, 15) is 4.79 Å². The van der Waals surface area contributed by atoms with Crippen molar-refractivity contribution in [2.24, 2.45) is 11.3 Å². The first-order chi connectivity index (χ1) is 9.33. The predicted octanol–water partition coefficient (Wildman–Crippen LogP) is 3.96. The van der Waals surface area contributed by atoms with Gasteiger partial charge in [-0.3, -0.25) is 10.1 Å². The van der Waals surface area contributed by atoms with Gasteiger partial charge >= 0.3 is 0 Å². The monoisotopic (exact) mass is 273 g/mol. The van der Waals surface area contributed by atoms with E-state index in [1.54, 1.807) is 0 Å². The lowest BCUT2D eigenvalue weighted by molar-refractivity contribution is -0.117. The number of nitrogens with zero attached hydrogens (tertiary/aromatic N) is 1. The van der Waals surface area contributed by atoms with Crippen molar-refractivity contribution >= 4 is 22.9 Å². The average molecular weight is 273 g/mol. The molecular formula is C16H23N3O. The van der Waals surface area contributed by atoms with Crippen LogP contribution in [-0.2, 0) is 4.79 Å². The number of anilines is 1. The molecule has 4 heteroatoms. The van der Waals surface area contributed by atoms with Gasteiger partial charge in [0.05, 0.1) is 11.0 Å². The molecule has 2 rings (SSSR count).